The minimum absolute atomic E-state index is 0.416. The molecule has 0 atom stereocenters. The zero-order chi connectivity index (χ0) is 14.9. The summed E-state index contributed by atoms with van der Waals surface area (Å²) in [6, 6.07) is 10.2. The highest BCUT2D eigenvalue weighted by Crippen LogP contribution is 2.31. The lowest BCUT2D eigenvalue weighted by Crippen LogP contribution is -2.27. The molecule has 4 nitrogen and oxygen atoms in total. The second kappa shape index (κ2) is 5.64. The molecule has 1 aliphatic heterocycles. The standard InChI is InChI=1S/C16H22N4S/c1-16(2)9-6-11-19(12-10-16)14-17-18-15(21)20(14)13-7-4-3-5-8-13/h3-5,7-8H,6,9-12H2,1-2H3,(H,18,21). The van der Waals surface area contributed by atoms with Crippen molar-refractivity contribution in [3.05, 3.63) is 35.1 Å². The Morgan fingerprint density at radius 2 is 1.90 bits per heavy atom. The van der Waals surface area contributed by atoms with E-state index in [1.807, 2.05) is 22.8 Å². The average molecular weight is 302 g/mol. The largest absolute Gasteiger partial charge is 0.341 e. The first-order chi connectivity index (χ1) is 10.1. The fraction of sp³-hybridized carbons (Fsp3) is 0.500. The van der Waals surface area contributed by atoms with Crippen LogP contribution in [0.5, 0.6) is 0 Å². The Morgan fingerprint density at radius 1 is 1.14 bits per heavy atom. The molecule has 0 amide bonds. The van der Waals surface area contributed by atoms with Crippen LogP contribution in [0.2, 0.25) is 0 Å². The molecule has 0 radical (unpaired) electrons. The third kappa shape index (κ3) is 3.02. The molecule has 112 valence electrons. The monoisotopic (exact) mass is 302 g/mol. The number of para-hydroxylation sites is 1. The van der Waals surface area contributed by atoms with Crippen LogP contribution in [-0.2, 0) is 0 Å². The number of rotatable bonds is 2. The summed E-state index contributed by atoms with van der Waals surface area (Å²) < 4.78 is 2.69. The van der Waals surface area contributed by atoms with Crippen LogP contribution < -0.4 is 4.90 Å². The highest BCUT2D eigenvalue weighted by molar-refractivity contribution is 7.71. The molecule has 1 saturated heterocycles. The van der Waals surface area contributed by atoms with Crippen molar-refractivity contribution in [3.63, 3.8) is 0 Å². The molecular weight excluding hydrogens is 280 g/mol. The van der Waals surface area contributed by atoms with E-state index in [4.69, 9.17) is 12.2 Å². The van der Waals surface area contributed by atoms with Crippen LogP contribution in [-0.4, -0.2) is 27.9 Å². The van der Waals surface area contributed by atoms with E-state index in [-0.39, 0.29) is 0 Å². The van der Waals surface area contributed by atoms with Crippen molar-refractivity contribution in [1.29, 1.82) is 0 Å². The van der Waals surface area contributed by atoms with Crippen molar-refractivity contribution in [2.75, 3.05) is 18.0 Å². The van der Waals surface area contributed by atoms with E-state index in [9.17, 15) is 0 Å². The zero-order valence-electron chi connectivity index (χ0n) is 12.7. The first-order valence-electron chi connectivity index (χ1n) is 7.55. The van der Waals surface area contributed by atoms with Crippen LogP contribution in [0, 0.1) is 10.2 Å². The summed E-state index contributed by atoms with van der Waals surface area (Å²) in [6.45, 7) is 6.77. The van der Waals surface area contributed by atoms with E-state index in [1.165, 1.54) is 19.3 Å². The second-order valence-corrected chi connectivity index (χ2v) is 6.89. The van der Waals surface area contributed by atoms with E-state index in [0.29, 0.717) is 10.2 Å². The number of hydrogen-bond acceptors (Lipinski definition) is 3. The molecule has 0 saturated carbocycles. The third-order valence-electron chi connectivity index (χ3n) is 4.29. The quantitative estimate of drug-likeness (QED) is 0.854. The molecule has 0 spiro atoms. The van der Waals surface area contributed by atoms with E-state index >= 15 is 0 Å². The van der Waals surface area contributed by atoms with Gasteiger partial charge in [0, 0.05) is 13.1 Å². The molecule has 3 rings (SSSR count). The molecule has 0 aliphatic carbocycles. The molecule has 1 aliphatic rings. The van der Waals surface area contributed by atoms with Gasteiger partial charge in [0.25, 0.3) is 0 Å². The molecular formula is C16H22N4S. The summed E-state index contributed by atoms with van der Waals surface area (Å²) in [5, 5.41) is 7.43. The van der Waals surface area contributed by atoms with Crippen LogP contribution in [0.3, 0.4) is 0 Å². The van der Waals surface area contributed by atoms with Gasteiger partial charge in [-0.25, -0.2) is 5.10 Å². The van der Waals surface area contributed by atoms with Crippen molar-refractivity contribution >= 4 is 18.2 Å². The Morgan fingerprint density at radius 3 is 2.67 bits per heavy atom. The number of nitrogens with zero attached hydrogens (tertiary/aromatic N) is 3. The maximum Gasteiger partial charge on any atom is 0.230 e. The lowest BCUT2D eigenvalue weighted by molar-refractivity contribution is 0.325. The van der Waals surface area contributed by atoms with Gasteiger partial charge >= 0.3 is 0 Å². The Hall–Kier alpha value is -1.62. The second-order valence-electron chi connectivity index (χ2n) is 6.50. The maximum absolute atomic E-state index is 5.42. The van der Waals surface area contributed by atoms with Crippen LogP contribution in [0.1, 0.15) is 33.1 Å². The molecule has 1 aromatic carbocycles. The van der Waals surface area contributed by atoms with Crippen molar-refractivity contribution in [2.45, 2.75) is 33.1 Å². The highest BCUT2D eigenvalue weighted by atomic mass is 32.1. The summed E-state index contributed by atoms with van der Waals surface area (Å²) in [4.78, 5) is 2.36. The minimum atomic E-state index is 0.416. The molecule has 2 aromatic rings. The topological polar surface area (TPSA) is 36.9 Å². The Kier molecular flexibility index (Phi) is 3.85. The van der Waals surface area contributed by atoms with Crippen LogP contribution in [0.25, 0.3) is 5.69 Å². The van der Waals surface area contributed by atoms with E-state index in [0.717, 1.165) is 24.7 Å². The molecule has 1 aromatic heterocycles. The average Bonchev–Trinajstić information content (AvgIpc) is 2.75. The molecule has 5 heteroatoms. The smallest absolute Gasteiger partial charge is 0.230 e. The van der Waals surface area contributed by atoms with E-state index in [1.54, 1.807) is 0 Å². The predicted octanol–water partition coefficient (Wildman–Crippen LogP) is 3.95. The van der Waals surface area contributed by atoms with E-state index in [2.05, 4.69) is 41.1 Å². The van der Waals surface area contributed by atoms with Crippen LogP contribution in [0.4, 0.5) is 5.95 Å². The number of aromatic amines is 1. The van der Waals surface area contributed by atoms with Gasteiger partial charge in [-0.2, -0.15) is 0 Å². The highest BCUT2D eigenvalue weighted by Gasteiger charge is 2.25. The van der Waals surface area contributed by atoms with Gasteiger partial charge in [0.15, 0.2) is 0 Å². The van der Waals surface area contributed by atoms with E-state index < -0.39 is 0 Å². The van der Waals surface area contributed by atoms with Gasteiger partial charge in [0.05, 0.1) is 5.69 Å². The van der Waals surface area contributed by atoms with Crippen molar-refractivity contribution in [3.8, 4) is 5.69 Å². The number of H-pyrrole nitrogens is 1. The first-order valence-corrected chi connectivity index (χ1v) is 7.95. The maximum atomic E-state index is 5.42. The molecule has 2 heterocycles. The van der Waals surface area contributed by atoms with Gasteiger partial charge < -0.3 is 4.90 Å². The fourth-order valence-electron chi connectivity index (χ4n) is 2.93. The van der Waals surface area contributed by atoms with Gasteiger partial charge in [0.1, 0.15) is 0 Å². The van der Waals surface area contributed by atoms with Crippen molar-refractivity contribution in [2.24, 2.45) is 5.41 Å². The number of hydrogen-bond donors (Lipinski definition) is 1. The number of nitrogens with one attached hydrogen (secondary N) is 1. The predicted molar refractivity (Wildman–Crippen MR) is 88.6 cm³/mol. The van der Waals surface area contributed by atoms with Gasteiger partial charge in [-0.3, -0.25) is 4.57 Å². The van der Waals surface area contributed by atoms with Gasteiger partial charge in [-0.05, 0) is 49.0 Å². The summed E-state index contributed by atoms with van der Waals surface area (Å²) in [5.74, 6) is 0.934. The van der Waals surface area contributed by atoms with Gasteiger partial charge in [0.2, 0.25) is 10.7 Å². The van der Waals surface area contributed by atoms with Gasteiger partial charge in [-0.1, -0.05) is 32.0 Å². The Bertz CT molecular complexity index is 656. The number of aromatic nitrogens is 3. The number of anilines is 1. The third-order valence-corrected chi connectivity index (χ3v) is 4.57. The summed E-state index contributed by atoms with van der Waals surface area (Å²) in [7, 11) is 0. The molecule has 0 bridgehead atoms. The fourth-order valence-corrected chi connectivity index (χ4v) is 3.17. The summed E-state index contributed by atoms with van der Waals surface area (Å²) in [5.41, 5.74) is 1.48. The Labute approximate surface area is 130 Å². The zero-order valence-corrected chi connectivity index (χ0v) is 13.5. The SMILES string of the molecule is CC1(C)CCCN(c2n[nH]c(=S)n2-c2ccccc2)CC1. The normalized spacial score (nSPS) is 18.5. The minimum Gasteiger partial charge on any atom is -0.341 e. The van der Waals surface area contributed by atoms with Gasteiger partial charge in [-0.15, -0.1) is 5.10 Å². The van der Waals surface area contributed by atoms with Crippen molar-refractivity contribution < 1.29 is 0 Å². The van der Waals surface area contributed by atoms with Crippen LogP contribution >= 0.6 is 12.2 Å². The molecule has 21 heavy (non-hydrogen) atoms. The first kappa shape index (κ1) is 14.3. The molecule has 1 fully saturated rings. The molecule has 1 N–H and O–H groups in total. The lowest BCUT2D eigenvalue weighted by Gasteiger charge is -2.24. The summed E-state index contributed by atoms with van der Waals surface area (Å²) in [6.07, 6.45) is 3.64. The Balaban J connectivity index is 1.95. The van der Waals surface area contributed by atoms with Crippen LogP contribution in [0.15, 0.2) is 30.3 Å². The van der Waals surface area contributed by atoms with Crippen molar-refractivity contribution in [1.82, 2.24) is 14.8 Å². The lowest BCUT2D eigenvalue weighted by atomic mass is 9.85. The molecule has 0 unspecified atom stereocenters. The summed E-state index contributed by atoms with van der Waals surface area (Å²) >= 11 is 5.42. The number of benzene rings is 1.